The highest BCUT2D eigenvalue weighted by atomic mass is 15.1. The topological polar surface area (TPSA) is 29.3 Å². The highest BCUT2D eigenvalue weighted by molar-refractivity contribution is 4.77. The maximum atomic E-state index is 5.81. The molecule has 0 aliphatic heterocycles. The Morgan fingerprint density at radius 2 is 1.85 bits per heavy atom. The zero-order valence-electron chi connectivity index (χ0n) is 9.77. The predicted octanol–water partition coefficient (Wildman–Crippen LogP) is 2.09. The lowest BCUT2D eigenvalue weighted by atomic mass is 9.85. The van der Waals surface area contributed by atoms with Gasteiger partial charge in [-0.25, -0.2) is 0 Å². The summed E-state index contributed by atoms with van der Waals surface area (Å²) in [7, 11) is 2.19. The zero-order chi connectivity index (χ0) is 10.3. The lowest BCUT2D eigenvalue weighted by molar-refractivity contribution is 0.185. The van der Waals surface area contributed by atoms with E-state index in [1.165, 1.54) is 25.8 Å². The first kappa shape index (κ1) is 12.9. The monoisotopic (exact) mass is 186 g/mol. The van der Waals surface area contributed by atoms with Crippen LogP contribution in [0.4, 0.5) is 0 Å². The Hall–Kier alpha value is -0.0800. The Labute approximate surface area is 83.5 Å². The van der Waals surface area contributed by atoms with Crippen LogP contribution in [-0.4, -0.2) is 31.6 Å². The summed E-state index contributed by atoms with van der Waals surface area (Å²) in [5.41, 5.74) is 6.13. The van der Waals surface area contributed by atoms with Gasteiger partial charge in [0, 0.05) is 6.54 Å². The Morgan fingerprint density at radius 1 is 1.23 bits per heavy atom. The molecule has 2 nitrogen and oxygen atoms in total. The van der Waals surface area contributed by atoms with E-state index < -0.39 is 0 Å². The normalized spacial score (nSPS) is 16.2. The molecule has 0 saturated carbocycles. The third-order valence-electron chi connectivity index (χ3n) is 2.60. The number of nitrogens with two attached hydrogens (primary N) is 1. The molecule has 0 aliphatic carbocycles. The van der Waals surface area contributed by atoms with Gasteiger partial charge in [0.05, 0.1) is 0 Å². The molecule has 2 heteroatoms. The van der Waals surface area contributed by atoms with Crippen LogP contribution in [0.3, 0.4) is 0 Å². The number of rotatable bonds is 7. The summed E-state index contributed by atoms with van der Waals surface area (Å²) in [5, 5.41) is 0. The van der Waals surface area contributed by atoms with Crippen molar-refractivity contribution in [2.24, 2.45) is 11.1 Å². The summed E-state index contributed by atoms with van der Waals surface area (Å²) in [4.78, 5) is 2.39. The lowest BCUT2D eigenvalue weighted by Crippen LogP contribution is -2.39. The first-order valence-electron chi connectivity index (χ1n) is 5.46. The van der Waals surface area contributed by atoms with Gasteiger partial charge in [-0.3, -0.25) is 0 Å². The second-order valence-corrected chi connectivity index (χ2v) is 4.50. The molecule has 1 unspecified atom stereocenters. The first-order chi connectivity index (χ1) is 6.08. The van der Waals surface area contributed by atoms with Gasteiger partial charge in [-0.15, -0.1) is 0 Å². The fraction of sp³-hybridized carbons (Fsp3) is 1.00. The first-order valence-corrected chi connectivity index (χ1v) is 5.46. The minimum absolute atomic E-state index is 0.318. The van der Waals surface area contributed by atoms with E-state index in [9.17, 15) is 0 Å². The van der Waals surface area contributed by atoms with Crippen molar-refractivity contribution in [1.82, 2.24) is 4.90 Å². The van der Waals surface area contributed by atoms with Crippen molar-refractivity contribution in [3.05, 3.63) is 0 Å². The number of nitrogens with zero attached hydrogens (tertiary/aromatic N) is 1. The van der Waals surface area contributed by atoms with Crippen LogP contribution in [0, 0.1) is 5.41 Å². The average Bonchev–Trinajstić information content (AvgIpc) is 2.05. The van der Waals surface area contributed by atoms with Gasteiger partial charge in [0.1, 0.15) is 0 Å². The maximum Gasteiger partial charge on any atom is 0.00443 e. The van der Waals surface area contributed by atoms with Crippen LogP contribution < -0.4 is 5.73 Å². The largest absolute Gasteiger partial charge is 0.330 e. The summed E-state index contributed by atoms with van der Waals surface area (Å²) < 4.78 is 0. The molecule has 0 aromatic rings. The van der Waals surface area contributed by atoms with E-state index in [2.05, 4.69) is 32.7 Å². The second kappa shape index (κ2) is 6.39. The molecule has 80 valence electrons. The smallest absolute Gasteiger partial charge is 0.00443 e. The van der Waals surface area contributed by atoms with E-state index >= 15 is 0 Å². The Bertz CT molecular complexity index is 125. The standard InChI is InChI=1S/C11H26N2/c1-5-7-11(3,9-12)10-13(4)8-6-2/h5-10,12H2,1-4H3. The fourth-order valence-electron chi connectivity index (χ4n) is 1.96. The third-order valence-corrected chi connectivity index (χ3v) is 2.60. The van der Waals surface area contributed by atoms with Crippen molar-refractivity contribution in [2.75, 3.05) is 26.7 Å². The molecule has 0 amide bonds. The van der Waals surface area contributed by atoms with Crippen LogP contribution in [0.15, 0.2) is 0 Å². The Kier molecular flexibility index (Phi) is 6.35. The van der Waals surface area contributed by atoms with Crippen molar-refractivity contribution in [1.29, 1.82) is 0 Å². The molecule has 0 rings (SSSR count). The lowest BCUT2D eigenvalue weighted by Gasteiger charge is -2.32. The molecule has 0 radical (unpaired) electrons. The molecule has 0 bridgehead atoms. The fourth-order valence-corrected chi connectivity index (χ4v) is 1.96. The summed E-state index contributed by atoms with van der Waals surface area (Å²) in [6.45, 7) is 9.85. The molecular weight excluding hydrogens is 160 g/mol. The van der Waals surface area contributed by atoms with Crippen LogP contribution >= 0.6 is 0 Å². The van der Waals surface area contributed by atoms with E-state index in [-0.39, 0.29) is 0 Å². The van der Waals surface area contributed by atoms with Crippen LogP contribution in [0.1, 0.15) is 40.0 Å². The average molecular weight is 186 g/mol. The van der Waals surface area contributed by atoms with Gasteiger partial charge >= 0.3 is 0 Å². The molecule has 0 spiro atoms. The third kappa shape index (κ3) is 5.27. The number of hydrogen-bond donors (Lipinski definition) is 1. The number of hydrogen-bond acceptors (Lipinski definition) is 2. The molecule has 0 aromatic heterocycles. The minimum Gasteiger partial charge on any atom is -0.330 e. The molecule has 13 heavy (non-hydrogen) atoms. The second-order valence-electron chi connectivity index (χ2n) is 4.50. The molecule has 0 saturated heterocycles. The van der Waals surface area contributed by atoms with Crippen molar-refractivity contribution in [2.45, 2.75) is 40.0 Å². The van der Waals surface area contributed by atoms with E-state index in [1.54, 1.807) is 0 Å². The summed E-state index contributed by atoms with van der Waals surface area (Å²) in [6, 6.07) is 0. The van der Waals surface area contributed by atoms with Crippen LogP contribution in [-0.2, 0) is 0 Å². The maximum absolute atomic E-state index is 5.81. The van der Waals surface area contributed by atoms with Crippen LogP contribution in [0.25, 0.3) is 0 Å². The molecule has 0 aliphatic rings. The zero-order valence-corrected chi connectivity index (χ0v) is 9.77. The van der Waals surface area contributed by atoms with Gasteiger partial charge in [0.15, 0.2) is 0 Å². The van der Waals surface area contributed by atoms with Crippen LogP contribution in [0.5, 0.6) is 0 Å². The molecule has 0 fully saturated rings. The van der Waals surface area contributed by atoms with Crippen LogP contribution in [0.2, 0.25) is 0 Å². The summed E-state index contributed by atoms with van der Waals surface area (Å²) >= 11 is 0. The summed E-state index contributed by atoms with van der Waals surface area (Å²) in [5.74, 6) is 0. The Balaban J connectivity index is 3.93. The van der Waals surface area contributed by atoms with Crippen molar-refractivity contribution in [3.8, 4) is 0 Å². The Morgan fingerprint density at radius 3 is 2.23 bits per heavy atom. The molecule has 2 N–H and O–H groups in total. The molecular formula is C11H26N2. The van der Waals surface area contributed by atoms with Gasteiger partial charge in [0.25, 0.3) is 0 Å². The van der Waals surface area contributed by atoms with Gasteiger partial charge in [-0.2, -0.15) is 0 Å². The van der Waals surface area contributed by atoms with Crippen molar-refractivity contribution >= 4 is 0 Å². The van der Waals surface area contributed by atoms with Gasteiger partial charge in [0.2, 0.25) is 0 Å². The predicted molar refractivity (Wildman–Crippen MR) is 59.9 cm³/mol. The van der Waals surface area contributed by atoms with Crippen molar-refractivity contribution in [3.63, 3.8) is 0 Å². The quantitative estimate of drug-likeness (QED) is 0.659. The highest BCUT2D eigenvalue weighted by Crippen LogP contribution is 2.22. The molecule has 0 heterocycles. The SMILES string of the molecule is CCCN(C)CC(C)(CN)CCC. The minimum atomic E-state index is 0.318. The van der Waals surface area contributed by atoms with E-state index in [0.29, 0.717) is 5.41 Å². The van der Waals surface area contributed by atoms with Gasteiger partial charge in [-0.05, 0) is 38.4 Å². The van der Waals surface area contributed by atoms with Gasteiger partial charge in [-0.1, -0.05) is 27.2 Å². The molecule has 0 aromatic carbocycles. The summed E-state index contributed by atoms with van der Waals surface area (Å²) in [6.07, 6.45) is 3.69. The van der Waals surface area contributed by atoms with Gasteiger partial charge < -0.3 is 10.6 Å². The van der Waals surface area contributed by atoms with Crippen molar-refractivity contribution < 1.29 is 0 Å². The van der Waals surface area contributed by atoms with E-state index in [1.807, 2.05) is 0 Å². The highest BCUT2D eigenvalue weighted by Gasteiger charge is 2.22. The molecule has 1 atom stereocenters. The van der Waals surface area contributed by atoms with E-state index in [4.69, 9.17) is 5.73 Å². The van der Waals surface area contributed by atoms with E-state index in [0.717, 1.165) is 13.1 Å².